The Morgan fingerprint density at radius 2 is 1.90 bits per heavy atom. The zero-order valence-corrected chi connectivity index (χ0v) is 11.3. The van der Waals surface area contributed by atoms with Crippen LogP contribution in [0.15, 0.2) is 12.1 Å². The Labute approximate surface area is 114 Å². The largest absolute Gasteiger partial charge is 0.478 e. The lowest BCUT2D eigenvalue weighted by molar-refractivity contribution is -0.121. The molecule has 20 heavy (non-hydrogen) atoms. The lowest BCUT2D eigenvalue weighted by atomic mass is 10.0. The van der Waals surface area contributed by atoms with E-state index < -0.39 is 34.7 Å². The van der Waals surface area contributed by atoms with Crippen LogP contribution in [-0.4, -0.2) is 29.7 Å². The van der Waals surface area contributed by atoms with Crippen molar-refractivity contribution in [3.63, 3.8) is 0 Å². The van der Waals surface area contributed by atoms with E-state index in [0.717, 1.165) is 6.07 Å². The Morgan fingerprint density at radius 1 is 1.30 bits per heavy atom. The third kappa shape index (κ3) is 3.99. The molecule has 0 heterocycles. The summed E-state index contributed by atoms with van der Waals surface area (Å²) < 4.78 is 31.7. The first-order chi connectivity index (χ1) is 9.16. The highest BCUT2D eigenvalue weighted by molar-refractivity contribution is 5.94. The fourth-order valence-electron chi connectivity index (χ4n) is 1.46. The molecule has 110 valence electrons. The van der Waals surface area contributed by atoms with Crippen LogP contribution < -0.4 is 5.32 Å². The Kier molecular flexibility index (Phi) is 4.78. The molecule has 0 bridgehead atoms. The average Bonchev–Trinajstić information content (AvgIpc) is 2.31. The standard InChI is InChI=1S/C13H15F2NO4/c1-13(2,20-3)6-11(17)16-10-4-7(12(18)19)8(14)5-9(10)15/h4-5H,6H2,1-3H3,(H,16,17)(H,18,19). The second-order valence-electron chi connectivity index (χ2n) is 4.81. The van der Waals surface area contributed by atoms with Gasteiger partial charge in [-0.15, -0.1) is 0 Å². The molecule has 0 saturated heterocycles. The first-order valence-corrected chi connectivity index (χ1v) is 5.73. The van der Waals surface area contributed by atoms with Crippen LogP contribution >= 0.6 is 0 Å². The number of nitrogens with one attached hydrogen (secondary N) is 1. The highest BCUT2D eigenvalue weighted by Crippen LogP contribution is 2.21. The number of amides is 1. The topological polar surface area (TPSA) is 75.6 Å². The molecule has 0 aliphatic heterocycles. The quantitative estimate of drug-likeness (QED) is 0.872. The molecule has 0 atom stereocenters. The molecule has 0 saturated carbocycles. The first-order valence-electron chi connectivity index (χ1n) is 5.73. The average molecular weight is 287 g/mol. The van der Waals surface area contributed by atoms with E-state index in [9.17, 15) is 18.4 Å². The molecule has 5 nitrogen and oxygen atoms in total. The van der Waals surface area contributed by atoms with Crippen LogP contribution in [0.4, 0.5) is 14.5 Å². The number of halogens is 2. The number of anilines is 1. The van der Waals surface area contributed by atoms with Crippen molar-refractivity contribution >= 4 is 17.6 Å². The van der Waals surface area contributed by atoms with Crippen molar-refractivity contribution in [3.05, 3.63) is 29.3 Å². The maximum Gasteiger partial charge on any atom is 0.338 e. The van der Waals surface area contributed by atoms with Crippen molar-refractivity contribution in [1.29, 1.82) is 0 Å². The van der Waals surface area contributed by atoms with E-state index >= 15 is 0 Å². The van der Waals surface area contributed by atoms with Crippen LogP contribution in [0.1, 0.15) is 30.6 Å². The van der Waals surface area contributed by atoms with Crippen LogP contribution in [0.25, 0.3) is 0 Å². The fraction of sp³-hybridized carbons (Fsp3) is 0.385. The van der Waals surface area contributed by atoms with Crippen molar-refractivity contribution < 1.29 is 28.2 Å². The molecule has 0 aliphatic rings. The number of ether oxygens (including phenoxy) is 1. The summed E-state index contributed by atoms with van der Waals surface area (Å²) >= 11 is 0. The molecule has 0 aromatic heterocycles. The van der Waals surface area contributed by atoms with Gasteiger partial charge >= 0.3 is 5.97 Å². The van der Waals surface area contributed by atoms with Gasteiger partial charge in [-0.2, -0.15) is 0 Å². The smallest absolute Gasteiger partial charge is 0.338 e. The summed E-state index contributed by atoms with van der Waals surface area (Å²) in [4.78, 5) is 22.5. The van der Waals surface area contributed by atoms with Gasteiger partial charge in [0.25, 0.3) is 0 Å². The lowest BCUT2D eigenvalue weighted by Gasteiger charge is -2.22. The number of carbonyl (C=O) groups excluding carboxylic acids is 1. The monoisotopic (exact) mass is 287 g/mol. The predicted octanol–water partition coefficient (Wildman–Crippen LogP) is 2.42. The van der Waals surface area contributed by atoms with Gasteiger partial charge in [0.2, 0.25) is 5.91 Å². The summed E-state index contributed by atoms with van der Waals surface area (Å²) in [5, 5.41) is 10.9. The number of carboxylic acids is 1. The van der Waals surface area contributed by atoms with Gasteiger partial charge in [0.05, 0.1) is 23.3 Å². The predicted molar refractivity (Wildman–Crippen MR) is 67.7 cm³/mol. The van der Waals surface area contributed by atoms with Gasteiger partial charge in [0, 0.05) is 13.2 Å². The summed E-state index contributed by atoms with van der Waals surface area (Å²) in [5.74, 6) is -4.37. The molecule has 2 N–H and O–H groups in total. The summed E-state index contributed by atoms with van der Waals surface area (Å²) in [6.07, 6.45) is -0.0667. The van der Waals surface area contributed by atoms with Crippen LogP contribution in [0, 0.1) is 11.6 Å². The van der Waals surface area contributed by atoms with E-state index in [1.807, 2.05) is 0 Å². The van der Waals surface area contributed by atoms with Gasteiger partial charge in [-0.05, 0) is 19.9 Å². The SMILES string of the molecule is COC(C)(C)CC(=O)Nc1cc(C(=O)O)c(F)cc1F. The third-order valence-electron chi connectivity index (χ3n) is 2.70. The minimum atomic E-state index is -1.55. The second-order valence-corrected chi connectivity index (χ2v) is 4.81. The molecule has 1 aromatic carbocycles. The van der Waals surface area contributed by atoms with E-state index in [2.05, 4.69) is 5.32 Å². The third-order valence-corrected chi connectivity index (χ3v) is 2.70. The Bertz CT molecular complexity index is 543. The van der Waals surface area contributed by atoms with Gasteiger partial charge in [-0.1, -0.05) is 0 Å². The number of benzene rings is 1. The summed E-state index contributed by atoms with van der Waals surface area (Å²) in [7, 11) is 1.42. The minimum absolute atomic E-state index is 0.0667. The number of carboxylic acid groups (broad SMARTS) is 1. The zero-order valence-electron chi connectivity index (χ0n) is 11.3. The van der Waals surface area contributed by atoms with Crippen LogP contribution in [0.3, 0.4) is 0 Å². The molecular formula is C13H15F2NO4. The van der Waals surface area contributed by atoms with E-state index in [-0.39, 0.29) is 12.1 Å². The fourth-order valence-corrected chi connectivity index (χ4v) is 1.46. The number of carbonyl (C=O) groups is 2. The Hall–Kier alpha value is -2.02. The van der Waals surface area contributed by atoms with Gasteiger partial charge < -0.3 is 15.2 Å². The highest BCUT2D eigenvalue weighted by Gasteiger charge is 2.23. The van der Waals surface area contributed by atoms with Crippen LogP contribution in [0.5, 0.6) is 0 Å². The van der Waals surface area contributed by atoms with Gasteiger partial charge in [0.15, 0.2) is 0 Å². The van der Waals surface area contributed by atoms with Gasteiger partial charge in [0.1, 0.15) is 11.6 Å². The number of rotatable bonds is 5. The summed E-state index contributed by atoms with van der Waals surface area (Å²) in [6.45, 7) is 3.33. The van der Waals surface area contributed by atoms with Gasteiger partial charge in [-0.3, -0.25) is 4.79 Å². The molecule has 1 aromatic rings. The zero-order chi connectivity index (χ0) is 15.5. The summed E-state index contributed by atoms with van der Waals surface area (Å²) in [5.41, 5.74) is -1.86. The Balaban J connectivity index is 2.95. The maximum absolute atomic E-state index is 13.5. The normalized spacial score (nSPS) is 11.2. The molecule has 0 radical (unpaired) electrons. The van der Waals surface area contributed by atoms with Crippen molar-refractivity contribution in [3.8, 4) is 0 Å². The van der Waals surface area contributed by atoms with E-state index in [4.69, 9.17) is 9.84 Å². The molecule has 0 aliphatic carbocycles. The van der Waals surface area contributed by atoms with Crippen molar-refractivity contribution in [2.45, 2.75) is 25.9 Å². The number of hydrogen-bond acceptors (Lipinski definition) is 3. The van der Waals surface area contributed by atoms with Crippen LogP contribution in [0.2, 0.25) is 0 Å². The summed E-state index contributed by atoms with van der Waals surface area (Å²) in [6, 6.07) is 1.16. The van der Waals surface area contributed by atoms with E-state index in [1.165, 1.54) is 7.11 Å². The van der Waals surface area contributed by atoms with Crippen LogP contribution in [-0.2, 0) is 9.53 Å². The number of aromatic carboxylic acids is 1. The Morgan fingerprint density at radius 3 is 2.40 bits per heavy atom. The minimum Gasteiger partial charge on any atom is -0.478 e. The van der Waals surface area contributed by atoms with Gasteiger partial charge in [-0.25, -0.2) is 13.6 Å². The maximum atomic E-state index is 13.5. The molecule has 1 amide bonds. The number of hydrogen-bond donors (Lipinski definition) is 2. The molecule has 7 heteroatoms. The molecule has 0 unspecified atom stereocenters. The highest BCUT2D eigenvalue weighted by atomic mass is 19.1. The van der Waals surface area contributed by atoms with E-state index in [0.29, 0.717) is 6.07 Å². The van der Waals surface area contributed by atoms with Crippen molar-refractivity contribution in [2.24, 2.45) is 0 Å². The molecule has 1 rings (SSSR count). The second kappa shape index (κ2) is 5.96. The first kappa shape index (κ1) is 16.0. The molecular weight excluding hydrogens is 272 g/mol. The molecule has 0 spiro atoms. The van der Waals surface area contributed by atoms with Crippen molar-refractivity contribution in [2.75, 3.05) is 12.4 Å². The number of methoxy groups -OCH3 is 1. The van der Waals surface area contributed by atoms with E-state index in [1.54, 1.807) is 13.8 Å². The molecule has 0 fully saturated rings. The lowest BCUT2D eigenvalue weighted by Crippen LogP contribution is -2.29. The van der Waals surface area contributed by atoms with Crippen molar-refractivity contribution in [1.82, 2.24) is 0 Å².